The van der Waals surface area contributed by atoms with Crippen LogP contribution in [0.25, 0.3) is 0 Å². The summed E-state index contributed by atoms with van der Waals surface area (Å²) < 4.78 is 0. The highest BCUT2D eigenvalue weighted by Gasteiger charge is 2.16. The second-order valence-corrected chi connectivity index (χ2v) is 4.00. The summed E-state index contributed by atoms with van der Waals surface area (Å²) in [5.41, 5.74) is 0. The molecule has 0 aliphatic carbocycles. The minimum Gasteiger partial charge on any atom is -0.395 e. The zero-order valence-electron chi connectivity index (χ0n) is 9.08. The highest BCUT2D eigenvalue weighted by molar-refractivity contribution is 5.76. The van der Waals surface area contributed by atoms with Gasteiger partial charge in [0.25, 0.3) is 0 Å². The van der Waals surface area contributed by atoms with Gasteiger partial charge < -0.3 is 10.0 Å². The zero-order valence-corrected chi connectivity index (χ0v) is 9.08. The minimum atomic E-state index is 0.0437. The van der Waals surface area contributed by atoms with Crippen molar-refractivity contribution < 1.29 is 9.90 Å². The summed E-state index contributed by atoms with van der Waals surface area (Å²) in [6.07, 6.45) is 0.568. The van der Waals surface area contributed by atoms with Crippen LogP contribution in [0.1, 0.15) is 34.1 Å². The van der Waals surface area contributed by atoms with Crippen LogP contribution in [0.4, 0.5) is 0 Å². The predicted octanol–water partition coefficient (Wildman–Crippen LogP) is 1.26. The lowest BCUT2D eigenvalue weighted by Crippen LogP contribution is -2.39. The molecule has 0 aliphatic rings. The zero-order chi connectivity index (χ0) is 10.4. The molecule has 0 unspecified atom stereocenters. The lowest BCUT2D eigenvalue weighted by molar-refractivity contribution is -0.134. The van der Waals surface area contributed by atoms with Crippen LogP contribution >= 0.6 is 0 Å². The quantitative estimate of drug-likeness (QED) is 0.704. The summed E-state index contributed by atoms with van der Waals surface area (Å²) in [6.45, 7) is 8.47. The van der Waals surface area contributed by atoms with Gasteiger partial charge in [-0.25, -0.2) is 0 Å². The van der Waals surface area contributed by atoms with E-state index < -0.39 is 0 Å². The van der Waals surface area contributed by atoms with Crippen LogP contribution in [0.3, 0.4) is 0 Å². The molecule has 1 N–H and O–H groups in total. The van der Waals surface area contributed by atoms with Crippen molar-refractivity contribution >= 4 is 5.91 Å². The van der Waals surface area contributed by atoms with Crippen molar-refractivity contribution in [2.24, 2.45) is 5.92 Å². The Balaban J connectivity index is 4.11. The van der Waals surface area contributed by atoms with Gasteiger partial charge in [-0.1, -0.05) is 13.8 Å². The summed E-state index contributed by atoms with van der Waals surface area (Å²) >= 11 is 0. The Morgan fingerprint density at radius 1 is 1.31 bits per heavy atom. The maximum atomic E-state index is 11.6. The van der Waals surface area contributed by atoms with E-state index in [-0.39, 0.29) is 18.6 Å². The number of rotatable bonds is 5. The van der Waals surface area contributed by atoms with Gasteiger partial charge in [-0.15, -0.1) is 0 Å². The highest BCUT2D eigenvalue weighted by Crippen LogP contribution is 2.06. The Labute approximate surface area is 80.7 Å². The van der Waals surface area contributed by atoms with Crippen molar-refractivity contribution in [3.05, 3.63) is 0 Å². The molecule has 0 rings (SSSR count). The molecule has 78 valence electrons. The van der Waals surface area contributed by atoms with Crippen molar-refractivity contribution in [2.45, 2.75) is 40.2 Å². The van der Waals surface area contributed by atoms with E-state index in [1.165, 1.54) is 0 Å². The topological polar surface area (TPSA) is 40.5 Å². The van der Waals surface area contributed by atoms with Crippen molar-refractivity contribution in [1.82, 2.24) is 4.90 Å². The third-order valence-corrected chi connectivity index (χ3v) is 1.87. The van der Waals surface area contributed by atoms with Gasteiger partial charge in [0.15, 0.2) is 0 Å². The molecule has 0 radical (unpaired) electrons. The average Bonchev–Trinajstić information content (AvgIpc) is 1.97. The molecule has 13 heavy (non-hydrogen) atoms. The molecular weight excluding hydrogens is 166 g/mol. The van der Waals surface area contributed by atoms with E-state index in [1.807, 2.05) is 27.7 Å². The van der Waals surface area contributed by atoms with Crippen molar-refractivity contribution in [2.75, 3.05) is 13.2 Å². The van der Waals surface area contributed by atoms with E-state index >= 15 is 0 Å². The van der Waals surface area contributed by atoms with E-state index in [1.54, 1.807) is 4.90 Å². The minimum absolute atomic E-state index is 0.0437. The van der Waals surface area contributed by atoms with E-state index in [0.717, 1.165) is 0 Å². The molecule has 0 saturated heterocycles. The van der Waals surface area contributed by atoms with Gasteiger partial charge in [-0.05, 0) is 19.8 Å². The van der Waals surface area contributed by atoms with Gasteiger partial charge in [-0.2, -0.15) is 0 Å². The predicted molar refractivity (Wildman–Crippen MR) is 53.4 cm³/mol. The molecule has 3 heteroatoms. The van der Waals surface area contributed by atoms with Crippen LogP contribution in [0.2, 0.25) is 0 Å². The number of carbonyl (C=O) groups is 1. The van der Waals surface area contributed by atoms with Gasteiger partial charge in [0.2, 0.25) is 5.91 Å². The summed E-state index contributed by atoms with van der Waals surface area (Å²) in [4.78, 5) is 13.3. The number of hydrogen-bond donors (Lipinski definition) is 1. The second-order valence-electron chi connectivity index (χ2n) is 4.00. The third kappa shape index (κ3) is 4.88. The van der Waals surface area contributed by atoms with Gasteiger partial charge in [-0.3, -0.25) is 4.79 Å². The van der Waals surface area contributed by atoms with Gasteiger partial charge in [0, 0.05) is 19.0 Å². The molecule has 0 aromatic rings. The maximum absolute atomic E-state index is 11.6. The summed E-state index contributed by atoms with van der Waals surface area (Å²) in [5.74, 6) is 0.520. The van der Waals surface area contributed by atoms with Crippen LogP contribution < -0.4 is 0 Å². The summed E-state index contributed by atoms with van der Waals surface area (Å²) in [6, 6.07) is 0.179. The van der Waals surface area contributed by atoms with Crippen molar-refractivity contribution in [1.29, 1.82) is 0 Å². The number of amides is 1. The number of aliphatic hydroxyl groups is 1. The molecule has 0 aromatic heterocycles. The highest BCUT2D eigenvalue weighted by atomic mass is 16.3. The first kappa shape index (κ1) is 12.4. The van der Waals surface area contributed by atoms with Gasteiger partial charge in [0.1, 0.15) is 0 Å². The fourth-order valence-corrected chi connectivity index (χ4v) is 1.25. The SMILES string of the molecule is CC(C)CC(=O)N(CCO)C(C)C. The molecule has 0 fully saturated rings. The van der Waals surface area contributed by atoms with Crippen molar-refractivity contribution in [3.8, 4) is 0 Å². The number of nitrogens with zero attached hydrogens (tertiary/aromatic N) is 1. The molecular formula is C10H21NO2. The first-order valence-corrected chi connectivity index (χ1v) is 4.89. The van der Waals surface area contributed by atoms with E-state index in [2.05, 4.69) is 0 Å². The Morgan fingerprint density at radius 2 is 1.85 bits per heavy atom. The van der Waals surface area contributed by atoms with Crippen LogP contribution in [-0.2, 0) is 4.79 Å². The summed E-state index contributed by atoms with van der Waals surface area (Å²) in [5, 5.41) is 8.77. The molecule has 1 amide bonds. The van der Waals surface area contributed by atoms with Crippen LogP contribution in [0.5, 0.6) is 0 Å². The molecule has 0 heterocycles. The standard InChI is InChI=1S/C10H21NO2/c1-8(2)7-10(13)11(5-6-12)9(3)4/h8-9,12H,5-7H2,1-4H3. The van der Waals surface area contributed by atoms with Crippen LogP contribution in [0, 0.1) is 5.92 Å². The Hall–Kier alpha value is -0.570. The molecule has 0 spiro atoms. The van der Waals surface area contributed by atoms with Gasteiger partial charge in [0.05, 0.1) is 6.61 Å². The van der Waals surface area contributed by atoms with E-state index in [4.69, 9.17) is 5.11 Å². The number of aliphatic hydroxyl groups excluding tert-OH is 1. The Kier molecular flexibility index (Phi) is 5.71. The first-order valence-electron chi connectivity index (χ1n) is 4.89. The van der Waals surface area contributed by atoms with Crippen LogP contribution in [0.15, 0.2) is 0 Å². The normalized spacial score (nSPS) is 11.0. The Bertz CT molecular complexity index is 155. The monoisotopic (exact) mass is 187 g/mol. The second kappa shape index (κ2) is 5.97. The van der Waals surface area contributed by atoms with E-state index in [9.17, 15) is 4.79 Å². The maximum Gasteiger partial charge on any atom is 0.223 e. The van der Waals surface area contributed by atoms with Gasteiger partial charge >= 0.3 is 0 Å². The molecule has 0 atom stereocenters. The average molecular weight is 187 g/mol. The third-order valence-electron chi connectivity index (χ3n) is 1.87. The van der Waals surface area contributed by atoms with Crippen LogP contribution in [-0.4, -0.2) is 35.1 Å². The largest absolute Gasteiger partial charge is 0.395 e. The number of carbonyl (C=O) groups excluding carboxylic acids is 1. The lowest BCUT2D eigenvalue weighted by Gasteiger charge is -2.26. The van der Waals surface area contributed by atoms with Crippen molar-refractivity contribution in [3.63, 3.8) is 0 Å². The smallest absolute Gasteiger partial charge is 0.223 e. The lowest BCUT2D eigenvalue weighted by atomic mass is 10.1. The molecule has 3 nitrogen and oxygen atoms in total. The molecule has 0 aliphatic heterocycles. The van der Waals surface area contributed by atoms with E-state index in [0.29, 0.717) is 18.9 Å². The Morgan fingerprint density at radius 3 is 2.15 bits per heavy atom. The fourth-order valence-electron chi connectivity index (χ4n) is 1.25. The summed E-state index contributed by atoms with van der Waals surface area (Å²) in [7, 11) is 0. The first-order chi connectivity index (χ1) is 5.99. The molecule has 0 bridgehead atoms. The molecule has 0 aromatic carbocycles. The molecule has 0 saturated carbocycles. The fraction of sp³-hybridized carbons (Fsp3) is 0.900. The number of hydrogen-bond acceptors (Lipinski definition) is 2.